The predicted octanol–water partition coefficient (Wildman–Crippen LogP) is 1.83. The molecule has 0 atom stereocenters. The molecule has 3 N–H and O–H groups in total. The summed E-state index contributed by atoms with van der Waals surface area (Å²) in [6.07, 6.45) is 3.20. The van der Waals surface area contributed by atoms with Crippen molar-refractivity contribution < 1.29 is 20.1 Å². The van der Waals surface area contributed by atoms with E-state index in [4.69, 9.17) is 10.2 Å². The van der Waals surface area contributed by atoms with Gasteiger partial charge in [-0.25, -0.2) is 4.79 Å². The smallest absolute Gasteiger partial charge is 0.340 e. The van der Waals surface area contributed by atoms with Crippen molar-refractivity contribution in [2.24, 2.45) is 0 Å². The maximum Gasteiger partial charge on any atom is 0.340 e. The standard InChI is InChI=1S/C10H10O4/c1-2-3-6-4-5-7(11)9(12)8(6)10(13)14/h2-5,11-12H,1H3,(H,13,14). The van der Waals surface area contributed by atoms with Crippen LogP contribution in [-0.2, 0) is 0 Å². The van der Waals surface area contributed by atoms with Gasteiger partial charge < -0.3 is 15.3 Å². The third-order valence-electron chi connectivity index (χ3n) is 1.75. The fraction of sp³-hybridized carbons (Fsp3) is 0.100. The van der Waals surface area contributed by atoms with E-state index >= 15 is 0 Å². The average molecular weight is 194 g/mol. The van der Waals surface area contributed by atoms with Crippen LogP contribution in [-0.4, -0.2) is 21.3 Å². The Morgan fingerprint density at radius 1 is 1.36 bits per heavy atom. The van der Waals surface area contributed by atoms with Gasteiger partial charge >= 0.3 is 5.97 Å². The Bertz CT molecular complexity index is 393. The molecule has 0 heterocycles. The van der Waals surface area contributed by atoms with Gasteiger partial charge in [-0.2, -0.15) is 0 Å². The van der Waals surface area contributed by atoms with Crippen molar-refractivity contribution in [1.82, 2.24) is 0 Å². The molecule has 1 aromatic rings. The van der Waals surface area contributed by atoms with Crippen molar-refractivity contribution >= 4 is 12.0 Å². The van der Waals surface area contributed by atoms with Crippen LogP contribution < -0.4 is 0 Å². The SMILES string of the molecule is CC=Cc1ccc(O)c(O)c1C(=O)O. The molecule has 4 nitrogen and oxygen atoms in total. The molecule has 0 spiro atoms. The summed E-state index contributed by atoms with van der Waals surface area (Å²) in [5.74, 6) is -2.31. The lowest BCUT2D eigenvalue weighted by Crippen LogP contribution is -2.00. The summed E-state index contributed by atoms with van der Waals surface area (Å²) >= 11 is 0. The number of rotatable bonds is 2. The topological polar surface area (TPSA) is 77.8 Å². The molecule has 0 bridgehead atoms. The summed E-state index contributed by atoms with van der Waals surface area (Å²) in [6.45, 7) is 1.73. The second-order valence-corrected chi connectivity index (χ2v) is 2.70. The number of carboxylic acid groups (broad SMARTS) is 1. The zero-order valence-electron chi connectivity index (χ0n) is 7.56. The molecule has 74 valence electrons. The summed E-state index contributed by atoms with van der Waals surface area (Å²) in [5, 5.41) is 27.2. The van der Waals surface area contributed by atoms with Crippen molar-refractivity contribution in [3.63, 3.8) is 0 Å². The van der Waals surface area contributed by atoms with E-state index in [1.54, 1.807) is 19.1 Å². The van der Waals surface area contributed by atoms with Gasteiger partial charge in [0.2, 0.25) is 0 Å². The van der Waals surface area contributed by atoms with E-state index in [1.165, 1.54) is 12.1 Å². The summed E-state index contributed by atoms with van der Waals surface area (Å²) < 4.78 is 0. The Morgan fingerprint density at radius 2 is 2.00 bits per heavy atom. The minimum absolute atomic E-state index is 0.289. The van der Waals surface area contributed by atoms with Crippen LogP contribution in [0.3, 0.4) is 0 Å². The fourth-order valence-corrected chi connectivity index (χ4v) is 1.14. The fourth-order valence-electron chi connectivity index (χ4n) is 1.14. The molecule has 0 saturated heterocycles. The third kappa shape index (κ3) is 1.69. The highest BCUT2D eigenvalue weighted by atomic mass is 16.4. The minimum atomic E-state index is -1.27. The van der Waals surface area contributed by atoms with Crippen LogP contribution in [0.2, 0.25) is 0 Å². The predicted molar refractivity (Wildman–Crippen MR) is 51.4 cm³/mol. The first-order valence-corrected chi connectivity index (χ1v) is 3.98. The lowest BCUT2D eigenvalue weighted by atomic mass is 10.1. The van der Waals surface area contributed by atoms with E-state index in [0.717, 1.165) is 0 Å². The molecule has 0 aliphatic rings. The Morgan fingerprint density at radius 3 is 2.50 bits per heavy atom. The van der Waals surface area contributed by atoms with Gasteiger partial charge in [-0.05, 0) is 18.6 Å². The van der Waals surface area contributed by atoms with E-state index in [2.05, 4.69) is 0 Å². The maximum absolute atomic E-state index is 10.8. The average Bonchev–Trinajstić information content (AvgIpc) is 2.11. The number of phenols is 2. The molecule has 1 rings (SSSR count). The summed E-state index contributed by atoms with van der Waals surface area (Å²) in [6, 6.07) is 2.68. The molecule has 4 heteroatoms. The molecule has 0 radical (unpaired) electrons. The van der Waals surface area contributed by atoms with Crippen molar-refractivity contribution in [2.75, 3.05) is 0 Å². The van der Waals surface area contributed by atoms with Gasteiger partial charge in [-0.15, -0.1) is 0 Å². The van der Waals surface area contributed by atoms with E-state index in [-0.39, 0.29) is 5.56 Å². The number of hydrogen-bond acceptors (Lipinski definition) is 3. The third-order valence-corrected chi connectivity index (χ3v) is 1.75. The highest BCUT2D eigenvalue weighted by molar-refractivity contribution is 5.96. The molecule has 0 aromatic heterocycles. The molecular formula is C10H10O4. The van der Waals surface area contributed by atoms with E-state index in [0.29, 0.717) is 5.56 Å². The largest absolute Gasteiger partial charge is 0.504 e. The highest BCUT2D eigenvalue weighted by Gasteiger charge is 2.16. The van der Waals surface area contributed by atoms with Crippen LogP contribution >= 0.6 is 0 Å². The zero-order chi connectivity index (χ0) is 10.7. The normalized spacial score (nSPS) is 10.6. The van der Waals surface area contributed by atoms with Crippen LogP contribution in [0.15, 0.2) is 18.2 Å². The van der Waals surface area contributed by atoms with Crippen LogP contribution in [0.4, 0.5) is 0 Å². The summed E-state index contributed by atoms with van der Waals surface area (Å²) in [5.41, 5.74) is 0.0680. The maximum atomic E-state index is 10.8. The molecule has 0 aliphatic carbocycles. The first-order chi connectivity index (χ1) is 6.57. The molecule has 0 amide bonds. The molecule has 0 aliphatic heterocycles. The second-order valence-electron chi connectivity index (χ2n) is 2.70. The van der Waals surface area contributed by atoms with E-state index < -0.39 is 17.5 Å². The number of phenolic OH excluding ortho intramolecular Hbond substituents is 1. The van der Waals surface area contributed by atoms with Gasteiger partial charge in [0, 0.05) is 0 Å². The number of carboxylic acids is 1. The van der Waals surface area contributed by atoms with Gasteiger partial charge in [0.05, 0.1) is 0 Å². The van der Waals surface area contributed by atoms with Crippen molar-refractivity contribution in [1.29, 1.82) is 0 Å². The summed E-state index contributed by atoms with van der Waals surface area (Å²) in [7, 11) is 0. The highest BCUT2D eigenvalue weighted by Crippen LogP contribution is 2.31. The quantitative estimate of drug-likeness (QED) is 0.627. The first kappa shape index (κ1) is 10.1. The lowest BCUT2D eigenvalue weighted by molar-refractivity contribution is 0.0692. The van der Waals surface area contributed by atoms with Gasteiger partial charge in [-0.3, -0.25) is 0 Å². The minimum Gasteiger partial charge on any atom is -0.504 e. The van der Waals surface area contributed by atoms with Crippen molar-refractivity contribution in [3.05, 3.63) is 29.3 Å². The monoisotopic (exact) mass is 194 g/mol. The van der Waals surface area contributed by atoms with Crippen molar-refractivity contribution in [3.8, 4) is 11.5 Å². The zero-order valence-corrected chi connectivity index (χ0v) is 7.56. The first-order valence-electron chi connectivity index (χ1n) is 3.98. The molecule has 0 unspecified atom stereocenters. The number of aromatic carboxylic acids is 1. The van der Waals surface area contributed by atoms with Gasteiger partial charge in [0.15, 0.2) is 11.5 Å². The molecular weight excluding hydrogens is 184 g/mol. The lowest BCUT2D eigenvalue weighted by Gasteiger charge is -2.05. The van der Waals surface area contributed by atoms with E-state index in [9.17, 15) is 9.90 Å². The molecule has 14 heavy (non-hydrogen) atoms. The number of aromatic hydroxyl groups is 2. The van der Waals surface area contributed by atoms with Crippen LogP contribution in [0.5, 0.6) is 11.5 Å². The van der Waals surface area contributed by atoms with Gasteiger partial charge in [-0.1, -0.05) is 18.2 Å². The Hall–Kier alpha value is -1.97. The van der Waals surface area contributed by atoms with Crippen LogP contribution in [0.25, 0.3) is 6.08 Å². The molecule has 0 fully saturated rings. The Kier molecular flexibility index (Phi) is 2.76. The number of hydrogen-bond donors (Lipinski definition) is 3. The Labute approximate surface area is 80.7 Å². The van der Waals surface area contributed by atoms with Gasteiger partial charge in [0.25, 0.3) is 0 Å². The van der Waals surface area contributed by atoms with E-state index in [1.807, 2.05) is 0 Å². The number of allylic oxidation sites excluding steroid dienone is 1. The van der Waals surface area contributed by atoms with Crippen molar-refractivity contribution in [2.45, 2.75) is 6.92 Å². The molecule has 0 saturated carbocycles. The molecule has 1 aromatic carbocycles. The van der Waals surface area contributed by atoms with Gasteiger partial charge in [0.1, 0.15) is 5.56 Å². The Balaban J connectivity index is 3.45. The van der Waals surface area contributed by atoms with Crippen LogP contribution in [0.1, 0.15) is 22.8 Å². The number of carbonyl (C=O) groups is 1. The van der Waals surface area contributed by atoms with Crippen LogP contribution in [0, 0.1) is 0 Å². The second kappa shape index (κ2) is 3.83. The summed E-state index contributed by atoms with van der Waals surface area (Å²) in [4.78, 5) is 10.8. The number of benzene rings is 1.